The SMILES string of the molecule is Cc1nccn1-c1ccc(Nc2nc3c(c(N(C)C4CCCCC4)n2)CN(C)CC3)cc1. The lowest BCUT2D eigenvalue weighted by Gasteiger charge is -2.35. The first-order valence-electron chi connectivity index (χ1n) is 11.8. The van der Waals surface area contributed by atoms with E-state index in [9.17, 15) is 0 Å². The molecule has 168 valence electrons. The fourth-order valence-corrected chi connectivity index (χ4v) is 5.01. The van der Waals surface area contributed by atoms with Crippen LogP contribution in [-0.2, 0) is 13.0 Å². The zero-order valence-electron chi connectivity index (χ0n) is 19.4. The molecule has 7 heteroatoms. The van der Waals surface area contributed by atoms with Crippen molar-refractivity contribution < 1.29 is 0 Å². The van der Waals surface area contributed by atoms with Gasteiger partial charge in [-0.15, -0.1) is 0 Å². The summed E-state index contributed by atoms with van der Waals surface area (Å²) in [7, 11) is 4.41. The minimum Gasteiger partial charge on any atom is -0.356 e. The Kier molecular flexibility index (Phi) is 5.83. The highest BCUT2D eigenvalue weighted by molar-refractivity contribution is 5.60. The van der Waals surface area contributed by atoms with Crippen molar-refractivity contribution in [3.8, 4) is 5.69 Å². The van der Waals surface area contributed by atoms with Gasteiger partial charge in [0, 0.05) is 61.9 Å². The highest BCUT2D eigenvalue weighted by Gasteiger charge is 2.26. The van der Waals surface area contributed by atoms with Gasteiger partial charge in [0.1, 0.15) is 11.6 Å². The minimum absolute atomic E-state index is 0.570. The van der Waals surface area contributed by atoms with Crippen LogP contribution in [0.2, 0.25) is 0 Å². The number of imidazole rings is 1. The van der Waals surface area contributed by atoms with Gasteiger partial charge < -0.3 is 19.7 Å². The van der Waals surface area contributed by atoms with Crippen molar-refractivity contribution in [2.24, 2.45) is 0 Å². The van der Waals surface area contributed by atoms with Gasteiger partial charge in [0.25, 0.3) is 0 Å². The van der Waals surface area contributed by atoms with Gasteiger partial charge in [0.05, 0.1) is 5.69 Å². The smallest absolute Gasteiger partial charge is 0.229 e. The number of aromatic nitrogens is 4. The first kappa shape index (κ1) is 20.9. The van der Waals surface area contributed by atoms with Crippen LogP contribution in [-0.4, -0.2) is 51.1 Å². The van der Waals surface area contributed by atoms with Gasteiger partial charge in [-0.05, 0) is 51.1 Å². The molecule has 1 aromatic carbocycles. The Balaban J connectivity index is 1.43. The lowest BCUT2D eigenvalue weighted by molar-refractivity contribution is 0.308. The van der Waals surface area contributed by atoms with Crippen molar-refractivity contribution in [1.29, 1.82) is 0 Å². The van der Waals surface area contributed by atoms with Crippen molar-refractivity contribution in [2.75, 3.05) is 30.9 Å². The van der Waals surface area contributed by atoms with E-state index in [1.54, 1.807) is 0 Å². The molecule has 1 N–H and O–H groups in total. The summed E-state index contributed by atoms with van der Waals surface area (Å²) < 4.78 is 2.08. The molecular weight excluding hydrogens is 398 g/mol. The number of nitrogens with one attached hydrogen (secondary N) is 1. The van der Waals surface area contributed by atoms with Crippen molar-refractivity contribution in [3.05, 3.63) is 53.7 Å². The van der Waals surface area contributed by atoms with E-state index in [0.29, 0.717) is 12.0 Å². The fraction of sp³-hybridized carbons (Fsp3) is 0.480. The van der Waals surface area contributed by atoms with Crippen LogP contribution in [0.3, 0.4) is 0 Å². The van der Waals surface area contributed by atoms with Crippen LogP contribution < -0.4 is 10.2 Å². The van der Waals surface area contributed by atoms with Gasteiger partial charge >= 0.3 is 0 Å². The normalized spacial score (nSPS) is 17.2. The monoisotopic (exact) mass is 431 g/mol. The van der Waals surface area contributed by atoms with Gasteiger partial charge in [-0.3, -0.25) is 0 Å². The van der Waals surface area contributed by atoms with Gasteiger partial charge in [-0.2, -0.15) is 4.98 Å². The molecule has 32 heavy (non-hydrogen) atoms. The zero-order valence-corrected chi connectivity index (χ0v) is 19.4. The van der Waals surface area contributed by atoms with Gasteiger partial charge in [-0.1, -0.05) is 19.3 Å². The number of anilines is 3. The zero-order chi connectivity index (χ0) is 22.1. The molecule has 2 aliphatic rings. The summed E-state index contributed by atoms with van der Waals surface area (Å²) in [4.78, 5) is 19.1. The Morgan fingerprint density at radius 1 is 1.06 bits per heavy atom. The Morgan fingerprint density at radius 3 is 2.56 bits per heavy atom. The number of fused-ring (bicyclic) bond motifs is 1. The van der Waals surface area contributed by atoms with E-state index in [-0.39, 0.29) is 0 Å². The van der Waals surface area contributed by atoms with E-state index >= 15 is 0 Å². The maximum Gasteiger partial charge on any atom is 0.229 e. The molecule has 0 amide bonds. The summed E-state index contributed by atoms with van der Waals surface area (Å²) in [5, 5.41) is 3.46. The van der Waals surface area contributed by atoms with Crippen molar-refractivity contribution in [1.82, 2.24) is 24.4 Å². The number of hydrogen-bond donors (Lipinski definition) is 1. The molecule has 0 radical (unpaired) electrons. The molecule has 7 nitrogen and oxygen atoms in total. The maximum atomic E-state index is 5.04. The highest BCUT2D eigenvalue weighted by Crippen LogP contribution is 2.32. The topological polar surface area (TPSA) is 62.1 Å². The Hall–Kier alpha value is -2.93. The quantitative estimate of drug-likeness (QED) is 0.643. The Bertz CT molecular complexity index is 1070. The van der Waals surface area contributed by atoms with E-state index in [0.717, 1.165) is 42.5 Å². The summed E-state index contributed by atoms with van der Waals surface area (Å²) in [5.74, 6) is 2.77. The second kappa shape index (κ2) is 8.90. The molecule has 1 fully saturated rings. The molecule has 0 bridgehead atoms. The molecule has 1 aliphatic heterocycles. The van der Waals surface area contributed by atoms with E-state index in [4.69, 9.17) is 9.97 Å². The standard InChI is InChI=1S/C25H33N7/c1-18-26-14-16-32(18)21-11-9-19(10-12-21)27-25-28-23-13-15-30(2)17-22(23)24(29-25)31(3)20-7-5-4-6-8-20/h9-12,14,16,20H,4-8,13,15,17H2,1-3H3,(H,27,28,29). The number of hydrogen-bond acceptors (Lipinski definition) is 6. The predicted octanol–water partition coefficient (Wildman–Crippen LogP) is 4.47. The molecule has 2 aromatic heterocycles. The van der Waals surface area contributed by atoms with E-state index in [1.807, 2.05) is 19.3 Å². The maximum absolute atomic E-state index is 5.04. The summed E-state index contributed by atoms with van der Waals surface area (Å²) >= 11 is 0. The fourth-order valence-electron chi connectivity index (χ4n) is 5.01. The molecular formula is C25H33N7. The number of nitrogens with zero attached hydrogens (tertiary/aromatic N) is 6. The van der Waals surface area contributed by atoms with Crippen LogP contribution in [0.15, 0.2) is 36.7 Å². The van der Waals surface area contributed by atoms with Crippen LogP contribution in [0.5, 0.6) is 0 Å². The van der Waals surface area contributed by atoms with Gasteiger partial charge in [0.2, 0.25) is 5.95 Å². The second-order valence-corrected chi connectivity index (χ2v) is 9.20. The lowest BCUT2D eigenvalue weighted by Crippen LogP contribution is -2.37. The molecule has 0 spiro atoms. The van der Waals surface area contributed by atoms with Crippen LogP contribution in [0.1, 0.15) is 49.2 Å². The largest absolute Gasteiger partial charge is 0.356 e. The Morgan fingerprint density at radius 2 is 1.84 bits per heavy atom. The van der Waals surface area contributed by atoms with E-state index < -0.39 is 0 Å². The molecule has 1 aliphatic carbocycles. The predicted molar refractivity (Wildman–Crippen MR) is 129 cm³/mol. The first-order valence-corrected chi connectivity index (χ1v) is 11.8. The minimum atomic E-state index is 0.570. The third kappa shape index (κ3) is 4.21. The van der Waals surface area contributed by atoms with Gasteiger partial charge in [-0.25, -0.2) is 9.97 Å². The lowest BCUT2D eigenvalue weighted by atomic mass is 9.94. The first-order chi connectivity index (χ1) is 15.6. The Labute approximate surface area is 190 Å². The number of likely N-dealkylation sites (N-methyl/N-ethyl adjacent to an activating group) is 1. The summed E-state index contributed by atoms with van der Waals surface area (Å²) in [6, 6.07) is 8.92. The summed E-state index contributed by atoms with van der Waals surface area (Å²) in [6.45, 7) is 3.96. The third-order valence-corrected chi connectivity index (χ3v) is 6.91. The summed E-state index contributed by atoms with van der Waals surface area (Å²) in [6.07, 6.45) is 11.3. The number of benzene rings is 1. The highest BCUT2D eigenvalue weighted by atomic mass is 15.2. The second-order valence-electron chi connectivity index (χ2n) is 9.20. The van der Waals surface area contributed by atoms with Crippen molar-refractivity contribution >= 4 is 17.5 Å². The van der Waals surface area contributed by atoms with Crippen molar-refractivity contribution in [3.63, 3.8) is 0 Å². The van der Waals surface area contributed by atoms with E-state index in [1.165, 1.54) is 43.4 Å². The van der Waals surface area contributed by atoms with Crippen LogP contribution in [0, 0.1) is 6.92 Å². The number of rotatable bonds is 5. The molecule has 1 saturated carbocycles. The molecule has 3 heterocycles. The van der Waals surface area contributed by atoms with Crippen LogP contribution in [0.4, 0.5) is 17.5 Å². The van der Waals surface area contributed by atoms with Crippen molar-refractivity contribution in [2.45, 2.75) is 58.0 Å². The summed E-state index contributed by atoms with van der Waals surface area (Å²) in [5.41, 5.74) is 4.57. The third-order valence-electron chi connectivity index (χ3n) is 6.91. The molecule has 5 rings (SSSR count). The van der Waals surface area contributed by atoms with Gasteiger partial charge in [0.15, 0.2) is 0 Å². The molecule has 3 aromatic rings. The average molecular weight is 432 g/mol. The molecule has 0 atom stereocenters. The number of aryl methyl sites for hydroxylation is 1. The van der Waals surface area contributed by atoms with E-state index in [2.05, 4.69) is 63.0 Å². The van der Waals surface area contributed by atoms with Crippen LogP contribution in [0.25, 0.3) is 5.69 Å². The molecule has 0 saturated heterocycles. The molecule has 0 unspecified atom stereocenters. The average Bonchev–Trinajstić information content (AvgIpc) is 3.25. The van der Waals surface area contributed by atoms with Crippen LogP contribution >= 0.6 is 0 Å².